The van der Waals surface area contributed by atoms with Gasteiger partial charge in [0.25, 0.3) is 5.91 Å². The highest BCUT2D eigenvalue weighted by molar-refractivity contribution is 7.47. The summed E-state index contributed by atoms with van der Waals surface area (Å²) < 4.78 is 53.9. The van der Waals surface area contributed by atoms with Crippen LogP contribution in [0.1, 0.15) is 23.6 Å². The lowest BCUT2D eigenvalue weighted by Gasteiger charge is -2.29. The first kappa shape index (κ1) is 48.3. The molecule has 3 rings (SSSR count). The number of phosphoric acid groups is 1. The Morgan fingerprint density at radius 1 is 0.845 bits per heavy atom. The number of aliphatic carboxylic acids is 1. The number of primary amides is 1. The molecular weight excluding hydrogens is 796 g/mol. The number of phosphoric ester groups is 1. The Labute approximate surface area is 330 Å². The maximum Gasteiger partial charge on any atom is 0.472 e. The number of likely N-dealkylation sites (N-methyl/N-ethyl adjacent to an activating group) is 1. The molecule has 3 aromatic carbocycles. The molecule has 316 valence electrons. The fourth-order valence-electron chi connectivity index (χ4n) is 4.66. The van der Waals surface area contributed by atoms with Crippen molar-refractivity contribution in [2.24, 2.45) is 5.73 Å². The Balaban J connectivity index is 0.00000151. The van der Waals surface area contributed by atoms with Crippen molar-refractivity contribution in [1.29, 1.82) is 0 Å². The van der Waals surface area contributed by atoms with Gasteiger partial charge in [0.15, 0.2) is 6.04 Å². The summed E-state index contributed by atoms with van der Waals surface area (Å²) in [7, 11) is -3.34. The fourth-order valence-corrected chi connectivity index (χ4v) is 5.39. The maximum absolute atomic E-state index is 13.5. The number of rotatable bonds is 19. The zero-order chi connectivity index (χ0) is 43.6. The molecule has 0 heterocycles. The van der Waals surface area contributed by atoms with Gasteiger partial charge >= 0.3 is 14.0 Å². The quantitative estimate of drug-likeness (QED) is 0.0704. The number of aromatic hydroxyl groups is 1. The van der Waals surface area contributed by atoms with Gasteiger partial charge in [0.2, 0.25) is 23.6 Å². The summed E-state index contributed by atoms with van der Waals surface area (Å²) in [5.41, 5.74) is 11.3. The molecule has 10 N–H and O–H groups in total. The molecule has 0 fully saturated rings. The zero-order valence-corrected chi connectivity index (χ0v) is 32.1. The van der Waals surface area contributed by atoms with Crippen molar-refractivity contribution in [3.8, 4) is 5.75 Å². The predicted octanol–water partition coefficient (Wildman–Crippen LogP) is -1.16. The zero-order valence-electron chi connectivity index (χ0n) is 31.2. The normalized spacial score (nSPS) is 14.1. The first-order chi connectivity index (χ1) is 27.1. The molecule has 0 radical (unpaired) electrons. The molecular formula is C36H44F3N6O12P. The van der Waals surface area contributed by atoms with Gasteiger partial charge in [0, 0.05) is 19.9 Å². The molecule has 0 aliphatic heterocycles. The van der Waals surface area contributed by atoms with Gasteiger partial charge in [-0.15, -0.1) is 0 Å². The highest BCUT2D eigenvalue weighted by Crippen LogP contribution is 2.44. The van der Waals surface area contributed by atoms with Crippen LogP contribution in [0.25, 0.3) is 0 Å². The van der Waals surface area contributed by atoms with Crippen molar-refractivity contribution in [2.45, 2.75) is 56.7 Å². The molecule has 0 aliphatic carbocycles. The topological polar surface area (TPSA) is 294 Å². The van der Waals surface area contributed by atoms with Crippen molar-refractivity contribution in [1.82, 2.24) is 20.9 Å². The summed E-state index contributed by atoms with van der Waals surface area (Å²) in [5, 5.41) is 25.6. The maximum atomic E-state index is 13.5. The van der Waals surface area contributed by atoms with Crippen LogP contribution in [0.4, 0.5) is 13.2 Å². The van der Waals surface area contributed by atoms with Crippen LogP contribution >= 0.6 is 7.82 Å². The van der Waals surface area contributed by atoms with E-state index < -0.39 is 86.8 Å². The largest absolute Gasteiger partial charge is 0.542 e. The Bertz CT molecular complexity index is 1890. The van der Waals surface area contributed by atoms with E-state index in [0.29, 0.717) is 11.1 Å². The number of phenolic OH excluding ortho intramolecular Hbond substituents is 1. The number of hydrogen-bond acceptors (Lipinski definition) is 11. The third-order valence-corrected chi connectivity index (χ3v) is 8.85. The van der Waals surface area contributed by atoms with Crippen molar-refractivity contribution in [3.05, 3.63) is 102 Å². The molecule has 58 heavy (non-hydrogen) atoms. The van der Waals surface area contributed by atoms with Crippen LogP contribution in [0.2, 0.25) is 0 Å². The van der Waals surface area contributed by atoms with E-state index in [4.69, 9.17) is 24.7 Å². The van der Waals surface area contributed by atoms with Crippen LogP contribution in [-0.2, 0) is 61.8 Å². The van der Waals surface area contributed by atoms with Gasteiger partial charge in [-0.25, -0.2) is 4.57 Å². The molecule has 3 aromatic rings. The first-order valence-corrected chi connectivity index (χ1v) is 18.6. The van der Waals surface area contributed by atoms with Gasteiger partial charge in [-0.1, -0.05) is 72.8 Å². The monoisotopic (exact) mass is 840 g/mol. The van der Waals surface area contributed by atoms with Gasteiger partial charge in [-0.05, 0) is 35.7 Å². The second-order valence-corrected chi connectivity index (χ2v) is 14.0. The van der Waals surface area contributed by atoms with E-state index in [1.165, 1.54) is 26.1 Å². The number of carbonyl (C=O) groups excluding carboxylic acids is 6. The molecule has 22 heteroatoms. The van der Waals surface area contributed by atoms with Crippen molar-refractivity contribution in [3.63, 3.8) is 0 Å². The summed E-state index contributed by atoms with van der Waals surface area (Å²) >= 11 is 0. The SMILES string of the molecule is C[C@@H](NC(=O)[C@@H]([NH3+])Cc1ccc(O)cc1)C(=O)NCC(=O)N(C)[C@@H](Cc1ccccc1)C(=O)N[C@@H](COP(=O)(O)OCc1ccccc1)C(N)=O.O=C([O-])C(F)(F)F. The third kappa shape index (κ3) is 17.5. The highest BCUT2D eigenvalue weighted by Gasteiger charge is 2.33. The number of carbonyl (C=O) groups is 6. The van der Waals surface area contributed by atoms with Gasteiger partial charge in [-0.3, -0.25) is 33.0 Å². The molecule has 0 spiro atoms. The predicted molar refractivity (Wildman–Crippen MR) is 195 cm³/mol. The minimum atomic E-state index is -5.19. The molecule has 1 unspecified atom stereocenters. The number of halogens is 3. The second kappa shape index (κ2) is 22.8. The summed E-state index contributed by atoms with van der Waals surface area (Å²) in [4.78, 5) is 84.4. The van der Waals surface area contributed by atoms with E-state index in [0.717, 1.165) is 10.5 Å². The first-order valence-electron chi connectivity index (χ1n) is 17.1. The lowest BCUT2D eigenvalue weighted by Crippen LogP contribution is -2.69. The average Bonchev–Trinajstić information content (AvgIpc) is 3.17. The number of quaternary nitrogens is 1. The van der Waals surface area contributed by atoms with E-state index in [9.17, 15) is 51.7 Å². The van der Waals surface area contributed by atoms with Crippen LogP contribution in [0, 0.1) is 0 Å². The molecule has 0 aliphatic rings. The average molecular weight is 841 g/mol. The van der Waals surface area contributed by atoms with Gasteiger partial charge < -0.3 is 52.2 Å². The van der Waals surface area contributed by atoms with Crippen LogP contribution < -0.4 is 32.5 Å². The Kier molecular flexibility index (Phi) is 19.0. The summed E-state index contributed by atoms with van der Waals surface area (Å²) in [6.45, 7) is -0.163. The fraction of sp³-hybridized carbons (Fsp3) is 0.333. The number of nitrogens with two attached hydrogens (primary N) is 1. The number of hydrogen-bond donors (Lipinski definition) is 7. The van der Waals surface area contributed by atoms with E-state index in [1.54, 1.807) is 72.8 Å². The molecule has 0 aromatic heterocycles. The molecule has 0 saturated heterocycles. The number of alkyl halides is 3. The Morgan fingerprint density at radius 3 is 1.88 bits per heavy atom. The molecule has 0 saturated carbocycles. The van der Waals surface area contributed by atoms with E-state index in [2.05, 4.69) is 21.7 Å². The molecule has 5 atom stereocenters. The summed E-state index contributed by atoms with van der Waals surface area (Å²) in [6, 6.07) is 18.9. The van der Waals surface area contributed by atoms with Gasteiger partial charge in [0.05, 0.1) is 19.8 Å². The number of carboxylic acid groups (broad SMARTS) is 1. The van der Waals surface area contributed by atoms with Crippen molar-refractivity contribution < 1.29 is 76.4 Å². The smallest absolute Gasteiger partial charge is 0.472 e. The molecule has 18 nitrogen and oxygen atoms in total. The van der Waals surface area contributed by atoms with E-state index in [-0.39, 0.29) is 25.2 Å². The third-order valence-electron chi connectivity index (χ3n) is 7.92. The Morgan fingerprint density at radius 2 is 1.36 bits per heavy atom. The minimum Gasteiger partial charge on any atom is -0.542 e. The van der Waals surface area contributed by atoms with Gasteiger partial charge in [-0.2, -0.15) is 13.2 Å². The lowest BCUT2D eigenvalue weighted by molar-refractivity contribution is -0.403. The summed E-state index contributed by atoms with van der Waals surface area (Å²) in [5.74, 6) is -6.67. The summed E-state index contributed by atoms with van der Waals surface area (Å²) in [6.07, 6.45) is -4.94. The van der Waals surface area contributed by atoms with Crippen molar-refractivity contribution in [2.75, 3.05) is 20.2 Å². The molecule has 5 amide bonds. The minimum absolute atomic E-state index is 0.00768. The van der Waals surface area contributed by atoms with Crippen LogP contribution in [-0.4, -0.2) is 101 Å². The number of benzene rings is 3. The van der Waals surface area contributed by atoms with E-state index in [1.807, 2.05) is 0 Å². The number of phenols is 1. The van der Waals surface area contributed by atoms with Crippen LogP contribution in [0.3, 0.4) is 0 Å². The van der Waals surface area contributed by atoms with E-state index >= 15 is 0 Å². The van der Waals surface area contributed by atoms with Crippen molar-refractivity contribution >= 4 is 43.3 Å². The Hall–Kier alpha value is -5.86. The number of nitrogens with one attached hydrogen (secondary N) is 3. The van der Waals surface area contributed by atoms with Crippen LogP contribution in [0.15, 0.2) is 84.9 Å². The van der Waals surface area contributed by atoms with Crippen LogP contribution in [0.5, 0.6) is 5.75 Å². The molecule has 0 bridgehead atoms. The highest BCUT2D eigenvalue weighted by atomic mass is 31.2. The lowest BCUT2D eigenvalue weighted by atomic mass is 10.0. The standard InChI is InChI=1S/C34H43N6O10P.C2HF3O2/c1-22(38-33(45)27(35)17-24-13-15-26(41)16-14-24)32(44)37-19-30(42)40(2)29(18-23-9-5-3-6-10-23)34(46)39-28(31(36)43)21-50-51(47,48)49-20-25-11-7-4-8-12-25;3-2(4,5)1(6)7/h3-16,22,27-29,41H,17-21,35H2,1-2H3,(H2,36,43)(H,37,44)(H,38,45)(H,39,46)(H,47,48);(H,6,7)/t22-,27+,28+,29+;/m1./s1. The number of carboxylic acids is 1. The number of amides is 5. The number of nitrogens with zero attached hydrogens (tertiary/aromatic N) is 1. The van der Waals surface area contributed by atoms with Gasteiger partial charge in [0.1, 0.15) is 29.8 Å². The second-order valence-electron chi connectivity index (χ2n) is 12.5.